The molecule has 3 nitrogen and oxygen atoms in total. The van der Waals surface area contributed by atoms with Crippen LogP contribution in [0.4, 0.5) is 0 Å². The number of nitrogens with zero attached hydrogens (tertiary/aromatic N) is 1. The number of hydrogen-bond acceptors (Lipinski definition) is 3. The van der Waals surface area contributed by atoms with E-state index in [2.05, 4.69) is 0 Å². The molecule has 0 saturated carbocycles. The highest BCUT2D eigenvalue weighted by molar-refractivity contribution is 6.51. The lowest BCUT2D eigenvalue weighted by Crippen LogP contribution is -2.13. The second-order valence-electron chi connectivity index (χ2n) is 2.43. The summed E-state index contributed by atoms with van der Waals surface area (Å²) >= 11 is 0. The Morgan fingerprint density at radius 2 is 2.25 bits per heavy atom. The molecule has 0 spiro atoms. The summed E-state index contributed by atoms with van der Waals surface area (Å²) in [5.41, 5.74) is 0.809. The summed E-state index contributed by atoms with van der Waals surface area (Å²) in [5.74, 6) is 0. The topological polar surface area (TPSA) is 64.2 Å². The maximum atomic E-state index is 8.81. The Morgan fingerprint density at radius 1 is 1.50 bits per heavy atom. The Labute approximate surface area is 71.1 Å². The van der Waals surface area contributed by atoms with Gasteiger partial charge in [-0.1, -0.05) is 18.2 Å². The molecule has 0 amide bonds. The molecule has 0 aromatic heterocycles. The number of rotatable bonds is 1. The molecular formula is C8H8BNO2. The monoisotopic (exact) mass is 161 g/mol. The minimum atomic E-state index is -1.50. The molecule has 0 atom stereocenters. The first-order chi connectivity index (χ1) is 5.74. The predicted octanol–water partition coefficient (Wildman–Crippen LogP) is 0.335. The van der Waals surface area contributed by atoms with Crippen LogP contribution in [0.2, 0.25) is 0 Å². The zero-order chi connectivity index (χ0) is 8.97. The molecule has 0 aromatic carbocycles. The zero-order valence-corrected chi connectivity index (χ0v) is 6.44. The SMILES string of the molecule is N#CC1=CCC=CC(B(O)O)=C1. The van der Waals surface area contributed by atoms with Crippen LogP contribution < -0.4 is 0 Å². The summed E-state index contributed by atoms with van der Waals surface area (Å²) in [7, 11) is -1.50. The Kier molecular flexibility index (Phi) is 2.86. The molecule has 2 N–H and O–H groups in total. The van der Waals surface area contributed by atoms with Crippen molar-refractivity contribution >= 4 is 7.12 Å². The van der Waals surface area contributed by atoms with E-state index in [0.29, 0.717) is 17.5 Å². The van der Waals surface area contributed by atoms with E-state index in [9.17, 15) is 0 Å². The van der Waals surface area contributed by atoms with Gasteiger partial charge >= 0.3 is 7.12 Å². The van der Waals surface area contributed by atoms with Crippen molar-refractivity contribution in [2.75, 3.05) is 0 Å². The van der Waals surface area contributed by atoms with Gasteiger partial charge in [-0.15, -0.1) is 0 Å². The minimum absolute atomic E-state index is 0.348. The number of nitriles is 1. The van der Waals surface area contributed by atoms with Crippen LogP contribution >= 0.6 is 0 Å². The second-order valence-corrected chi connectivity index (χ2v) is 2.43. The van der Waals surface area contributed by atoms with Crippen molar-refractivity contribution in [3.05, 3.63) is 35.3 Å². The Hall–Kier alpha value is -1.31. The standard InChI is InChI=1S/C8H8BNO2/c10-6-7-3-1-2-4-8(5-7)9(11)12/h2-5,11-12H,1H2. The largest absolute Gasteiger partial charge is 0.488 e. The van der Waals surface area contributed by atoms with E-state index in [-0.39, 0.29) is 0 Å². The van der Waals surface area contributed by atoms with Crippen molar-refractivity contribution < 1.29 is 10.0 Å². The fourth-order valence-corrected chi connectivity index (χ4v) is 0.924. The number of hydrogen-bond donors (Lipinski definition) is 2. The molecule has 0 heterocycles. The third-order valence-corrected chi connectivity index (χ3v) is 1.53. The molecule has 60 valence electrons. The summed E-state index contributed by atoms with van der Waals surface area (Å²) < 4.78 is 0. The van der Waals surface area contributed by atoms with Gasteiger partial charge in [-0.2, -0.15) is 5.26 Å². The first-order valence-electron chi connectivity index (χ1n) is 3.58. The van der Waals surface area contributed by atoms with E-state index in [1.54, 1.807) is 18.2 Å². The minimum Gasteiger partial charge on any atom is -0.423 e. The lowest BCUT2D eigenvalue weighted by Gasteiger charge is -1.96. The van der Waals surface area contributed by atoms with Crippen LogP contribution in [-0.2, 0) is 0 Å². The molecule has 12 heavy (non-hydrogen) atoms. The maximum absolute atomic E-state index is 8.81. The molecular weight excluding hydrogens is 153 g/mol. The fourth-order valence-electron chi connectivity index (χ4n) is 0.924. The van der Waals surface area contributed by atoms with Gasteiger partial charge < -0.3 is 10.0 Å². The van der Waals surface area contributed by atoms with E-state index >= 15 is 0 Å². The van der Waals surface area contributed by atoms with Gasteiger partial charge in [0, 0.05) is 5.57 Å². The average molecular weight is 161 g/mol. The predicted molar refractivity (Wildman–Crippen MR) is 45.7 cm³/mol. The van der Waals surface area contributed by atoms with Crippen LogP contribution in [0.25, 0.3) is 0 Å². The molecule has 1 aliphatic carbocycles. The zero-order valence-electron chi connectivity index (χ0n) is 6.44. The smallest absolute Gasteiger partial charge is 0.423 e. The van der Waals surface area contributed by atoms with Gasteiger partial charge in [-0.25, -0.2) is 0 Å². The van der Waals surface area contributed by atoms with E-state index in [0.717, 1.165) is 0 Å². The third-order valence-electron chi connectivity index (χ3n) is 1.53. The molecule has 0 aliphatic heterocycles. The van der Waals surface area contributed by atoms with Crippen molar-refractivity contribution in [1.82, 2.24) is 0 Å². The quantitative estimate of drug-likeness (QED) is 0.544. The van der Waals surface area contributed by atoms with E-state index in [1.165, 1.54) is 6.08 Å². The normalized spacial score (nSPS) is 15.8. The summed E-state index contributed by atoms with van der Waals surface area (Å²) in [5, 5.41) is 26.2. The van der Waals surface area contributed by atoms with Crippen LogP contribution in [0.5, 0.6) is 0 Å². The van der Waals surface area contributed by atoms with Crippen molar-refractivity contribution in [1.29, 1.82) is 5.26 Å². The van der Waals surface area contributed by atoms with Gasteiger partial charge in [-0.05, 0) is 18.0 Å². The van der Waals surface area contributed by atoms with Gasteiger partial charge in [0.05, 0.1) is 6.07 Å². The van der Waals surface area contributed by atoms with Crippen LogP contribution in [-0.4, -0.2) is 17.2 Å². The Balaban J connectivity index is 2.93. The highest BCUT2D eigenvalue weighted by Gasteiger charge is 2.12. The molecule has 0 saturated heterocycles. The summed E-state index contributed by atoms with van der Waals surface area (Å²) in [6, 6.07) is 1.95. The van der Waals surface area contributed by atoms with Crippen LogP contribution in [0.1, 0.15) is 6.42 Å². The summed E-state index contributed by atoms with van der Waals surface area (Å²) in [6.07, 6.45) is 7.22. The van der Waals surface area contributed by atoms with Crippen LogP contribution in [0, 0.1) is 11.3 Å². The Bertz CT molecular complexity index is 297. The second kappa shape index (κ2) is 3.91. The number of allylic oxidation sites excluding steroid dienone is 6. The summed E-state index contributed by atoms with van der Waals surface area (Å²) in [6.45, 7) is 0. The van der Waals surface area contributed by atoms with Crippen LogP contribution in [0.15, 0.2) is 35.3 Å². The van der Waals surface area contributed by atoms with Gasteiger partial charge in [0.1, 0.15) is 0 Å². The molecule has 4 heteroatoms. The van der Waals surface area contributed by atoms with Crippen molar-refractivity contribution in [2.24, 2.45) is 0 Å². The highest BCUT2D eigenvalue weighted by atomic mass is 16.4. The van der Waals surface area contributed by atoms with Crippen molar-refractivity contribution in [2.45, 2.75) is 6.42 Å². The van der Waals surface area contributed by atoms with Gasteiger partial charge in [0.15, 0.2) is 0 Å². The van der Waals surface area contributed by atoms with Gasteiger partial charge in [-0.3, -0.25) is 0 Å². The maximum Gasteiger partial charge on any atom is 0.488 e. The van der Waals surface area contributed by atoms with Gasteiger partial charge in [0.25, 0.3) is 0 Å². The first kappa shape index (κ1) is 8.79. The fraction of sp³-hybridized carbons (Fsp3) is 0.125. The van der Waals surface area contributed by atoms with Gasteiger partial charge in [0.2, 0.25) is 0 Å². The van der Waals surface area contributed by atoms with Crippen LogP contribution in [0.3, 0.4) is 0 Å². The molecule has 0 bridgehead atoms. The van der Waals surface area contributed by atoms with Crippen molar-refractivity contribution in [3.63, 3.8) is 0 Å². The lowest BCUT2D eigenvalue weighted by atomic mass is 9.78. The molecule has 1 rings (SSSR count). The average Bonchev–Trinajstić information content (AvgIpc) is 2.28. The molecule has 1 aliphatic rings. The van der Waals surface area contributed by atoms with E-state index in [4.69, 9.17) is 15.3 Å². The molecule has 0 radical (unpaired) electrons. The Morgan fingerprint density at radius 3 is 2.83 bits per heavy atom. The summed E-state index contributed by atoms with van der Waals surface area (Å²) in [4.78, 5) is 0. The lowest BCUT2D eigenvalue weighted by molar-refractivity contribution is 0.420. The van der Waals surface area contributed by atoms with E-state index < -0.39 is 7.12 Å². The van der Waals surface area contributed by atoms with Crippen molar-refractivity contribution in [3.8, 4) is 6.07 Å². The van der Waals surface area contributed by atoms with E-state index in [1.807, 2.05) is 6.07 Å². The molecule has 0 unspecified atom stereocenters. The third kappa shape index (κ3) is 2.09. The molecule has 0 fully saturated rings. The highest BCUT2D eigenvalue weighted by Crippen LogP contribution is 2.10. The molecule has 0 aromatic rings. The first-order valence-corrected chi connectivity index (χ1v) is 3.58.